The Morgan fingerprint density at radius 3 is 2.16 bits per heavy atom. The molecule has 128 valence electrons. The first-order chi connectivity index (χ1) is 12.0. The van der Waals surface area contributed by atoms with Crippen molar-refractivity contribution in [3.8, 4) is 0 Å². The van der Waals surface area contributed by atoms with E-state index in [0.29, 0.717) is 6.42 Å². The third-order valence-electron chi connectivity index (χ3n) is 4.49. The van der Waals surface area contributed by atoms with E-state index in [1.807, 2.05) is 54.7 Å². The summed E-state index contributed by atoms with van der Waals surface area (Å²) in [5.41, 5.74) is 3.62. The van der Waals surface area contributed by atoms with Gasteiger partial charge in [0.1, 0.15) is 0 Å². The van der Waals surface area contributed by atoms with Crippen molar-refractivity contribution in [3.63, 3.8) is 0 Å². The number of likely N-dealkylation sites (N-methyl/N-ethyl adjacent to an activating group) is 1. The summed E-state index contributed by atoms with van der Waals surface area (Å²) >= 11 is 0. The van der Waals surface area contributed by atoms with Crippen LogP contribution in [0.2, 0.25) is 0 Å². The average Bonchev–Trinajstić information content (AvgIpc) is 3.03. The number of aromatic amines is 1. The van der Waals surface area contributed by atoms with Crippen LogP contribution >= 0.6 is 0 Å². The molecule has 0 aliphatic rings. The lowest BCUT2D eigenvalue weighted by Crippen LogP contribution is -2.28. The smallest absolute Gasteiger partial charge is 0.231 e. The Balaban J connectivity index is 1.75. The molecule has 0 aliphatic carbocycles. The van der Waals surface area contributed by atoms with Gasteiger partial charge in [-0.25, -0.2) is 0 Å². The number of H-pyrrole nitrogens is 1. The largest absolute Gasteiger partial charge is 0.361 e. The zero-order chi connectivity index (χ0) is 18.0. The molecule has 2 amide bonds. The van der Waals surface area contributed by atoms with Crippen LogP contribution < -0.4 is 9.80 Å². The highest BCUT2D eigenvalue weighted by atomic mass is 16.2. The molecule has 0 atom stereocenters. The Hall–Kier alpha value is -3.08. The molecule has 25 heavy (non-hydrogen) atoms. The van der Waals surface area contributed by atoms with E-state index >= 15 is 0 Å². The molecule has 3 aromatic rings. The molecule has 1 heterocycles. The highest BCUT2D eigenvalue weighted by Gasteiger charge is 2.15. The number of anilines is 2. The predicted octanol–water partition coefficient (Wildman–Crippen LogP) is 3.36. The Bertz CT molecular complexity index is 912. The minimum atomic E-state index is -0.0310. The predicted molar refractivity (Wildman–Crippen MR) is 101 cm³/mol. The minimum absolute atomic E-state index is 0.0115. The number of rotatable bonds is 4. The van der Waals surface area contributed by atoms with Crippen LogP contribution in [0.4, 0.5) is 11.4 Å². The van der Waals surface area contributed by atoms with Crippen LogP contribution in [0, 0.1) is 0 Å². The van der Waals surface area contributed by atoms with Crippen molar-refractivity contribution in [1.29, 1.82) is 0 Å². The number of amides is 2. The van der Waals surface area contributed by atoms with E-state index in [2.05, 4.69) is 4.98 Å². The van der Waals surface area contributed by atoms with Gasteiger partial charge in [0.15, 0.2) is 0 Å². The van der Waals surface area contributed by atoms with Gasteiger partial charge in [-0.2, -0.15) is 0 Å². The van der Waals surface area contributed by atoms with E-state index in [-0.39, 0.29) is 11.8 Å². The standard InChI is InChI=1S/C20H21N3O2/c1-14(24)22(2)16-8-10-17(11-9-16)23(3)20(25)12-15-13-21-19-7-5-4-6-18(15)19/h4-11,13,21H,12H2,1-3H3. The number of aromatic nitrogens is 1. The summed E-state index contributed by atoms with van der Waals surface area (Å²) in [6.07, 6.45) is 2.22. The van der Waals surface area contributed by atoms with Crippen LogP contribution in [0.5, 0.6) is 0 Å². The van der Waals surface area contributed by atoms with Crippen LogP contribution in [0.15, 0.2) is 54.7 Å². The molecule has 0 saturated heterocycles. The summed E-state index contributed by atoms with van der Waals surface area (Å²) in [6.45, 7) is 1.52. The van der Waals surface area contributed by atoms with Gasteiger partial charge in [-0.1, -0.05) is 18.2 Å². The Morgan fingerprint density at radius 1 is 0.920 bits per heavy atom. The number of hydrogen-bond donors (Lipinski definition) is 1. The van der Waals surface area contributed by atoms with Gasteiger partial charge in [-0.05, 0) is 35.9 Å². The van der Waals surface area contributed by atoms with Gasteiger partial charge in [-0.15, -0.1) is 0 Å². The normalized spacial score (nSPS) is 10.7. The van der Waals surface area contributed by atoms with Crippen LogP contribution in [0.1, 0.15) is 12.5 Å². The van der Waals surface area contributed by atoms with Crippen molar-refractivity contribution >= 4 is 34.1 Å². The van der Waals surface area contributed by atoms with E-state index in [1.54, 1.807) is 23.9 Å². The van der Waals surface area contributed by atoms with E-state index < -0.39 is 0 Å². The number of carbonyl (C=O) groups excluding carboxylic acids is 2. The second kappa shape index (κ2) is 6.81. The van der Waals surface area contributed by atoms with Crippen molar-refractivity contribution in [2.75, 3.05) is 23.9 Å². The van der Waals surface area contributed by atoms with Crippen LogP contribution in [-0.2, 0) is 16.0 Å². The second-order valence-electron chi connectivity index (χ2n) is 6.08. The zero-order valence-electron chi connectivity index (χ0n) is 14.6. The molecule has 0 fully saturated rings. The summed E-state index contributed by atoms with van der Waals surface area (Å²) in [7, 11) is 3.49. The van der Waals surface area contributed by atoms with Crippen LogP contribution in [0.25, 0.3) is 10.9 Å². The van der Waals surface area contributed by atoms with Gasteiger partial charge in [0.2, 0.25) is 11.8 Å². The second-order valence-corrected chi connectivity index (χ2v) is 6.08. The molecule has 0 radical (unpaired) electrons. The molecule has 5 nitrogen and oxygen atoms in total. The molecule has 2 aromatic carbocycles. The molecule has 5 heteroatoms. The lowest BCUT2D eigenvalue weighted by atomic mass is 10.1. The van der Waals surface area contributed by atoms with Gasteiger partial charge < -0.3 is 14.8 Å². The number of carbonyl (C=O) groups is 2. The fourth-order valence-electron chi connectivity index (χ4n) is 2.79. The third kappa shape index (κ3) is 3.40. The molecule has 1 N–H and O–H groups in total. The number of hydrogen-bond acceptors (Lipinski definition) is 2. The topological polar surface area (TPSA) is 56.4 Å². The quantitative estimate of drug-likeness (QED) is 0.795. The first-order valence-electron chi connectivity index (χ1n) is 8.13. The van der Waals surface area contributed by atoms with Crippen molar-refractivity contribution < 1.29 is 9.59 Å². The minimum Gasteiger partial charge on any atom is -0.361 e. The highest BCUT2D eigenvalue weighted by molar-refractivity contribution is 5.97. The zero-order valence-corrected chi connectivity index (χ0v) is 14.6. The summed E-state index contributed by atoms with van der Waals surface area (Å²) < 4.78 is 0. The summed E-state index contributed by atoms with van der Waals surface area (Å²) in [6, 6.07) is 15.3. The molecule has 0 unspecified atom stereocenters. The number of nitrogens with one attached hydrogen (secondary N) is 1. The van der Waals surface area contributed by atoms with Gasteiger partial charge in [-0.3, -0.25) is 9.59 Å². The van der Waals surface area contributed by atoms with Crippen LogP contribution in [-0.4, -0.2) is 30.9 Å². The number of para-hydroxylation sites is 1. The van der Waals surface area contributed by atoms with Gasteiger partial charge in [0, 0.05) is 49.5 Å². The van der Waals surface area contributed by atoms with Crippen molar-refractivity contribution in [1.82, 2.24) is 4.98 Å². The SMILES string of the molecule is CC(=O)N(C)c1ccc(N(C)C(=O)Cc2c[nH]c3ccccc23)cc1. The summed E-state index contributed by atoms with van der Waals surface area (Å²) in [5.74, 6) is -0.0195. The summed E-state index contributed by atoms with van der Waals surface area (Å²) in [4.78, 5) is 30.4. The number of nitrogens with zero attached hydrogens (tertiary/aromatic N) is 2. The molecule has 0 bridgehead atoms. The van der Waals surface area contributed by atoms with Gasteiger partial charge in [0.25, 0.3) is 0 Å². The molecular formula is C20H21N3O2. The Morgan fingerprint density at radius 2 is 1.52 bits per heavy atom. The van der Waals surface area contributed by atoms with Crippen molar-refractivity contribution in [3.05, 3.63) is 60.3 Å². The first-order valence-corrected chi connectivity index (χ1v) is 8.13. The maximum absolute atomic E-state index is 12.6. The van der Waals surface area contributed by atoms with Crippen molar-refractivity contribution in [2.45, 2.75) is 13.3 Å². The van der Waals surface area contributed by atoms with E-state index in [9.17, 15) is 9.59 Å². The molecule has 0 spiro atoms. The number of benzene rings is 2. The molecule has 0 aliphatic heterocycles. The first kappa shape index (κ1) is 16.8. The third-order valence-corrected chi connectivity index (χ3v) is 4.49. The Labute approximate surface area is 146 Å². The summed E-state index contributed by atoms with van der Waals surface area (Å²) in [5, 5.41) is 1.07. The van der Waals surface area contributed by atoms with Crippen molar-refractivity contribution in [2.24, 2.45) is 0 Å². The Kier molecular flexibility index (Phi) is 4.57. The van der Waals surface area contributed by atoms with Crippen LogP contribution in [0.3, 0.4) is 0 Å². The van der Waals surface area contributed by atoms with E-state index in [1.165, 1.54) is 6.92 Å². The lowest BCUT2D eigenvalue weighted by molar-refractivity contribution is -0.118. The van der Waals surface area contributed by atoms with Gasteiger partial charge in [0.05, 0.1) is 6.42 Å². The number of fused-ring (bicyclic) bond motifs is 1. The maximum atomic E-state index is 12.6. The molecular weight excluding hydrogens is 314 g/mol. The van der Waals surface area contributed by atoms with E-state index in [4.69, 9.17) is 0 Å². The monoisotopic (exact) mass is 335 g/mol. The molecule has 0 saturated carbocycles. The fraction of sp³-hybridized carbons (Fsp3) is 0.200. The average molecular weight is 335 g/mol. The molecule has 1 aromatic heterocycles. The van der Waals surface area contributed by atoms with E-state index in [0.717, 1.165) is 27.8 Å². The fourth-order valence-corrected chi connectivity index (χ4v) is 2.79. The highest BCUT2D eigenvalue weighted by Crippen LogP contribution is 2.22. The lowest BCUT2D eigenvalue weighted by Gasteiger charge is -2.20. The van der Waals surface area contributed by atoms with Gasteiger partial charge >= 0.3 is 0 Å². The maximum Gasteiger partial charge on any atom is 0.231 e. The molecule has 3 rings (SSSR count).